The molecule has 8 heteroatoms. The molecule has 0 aromatic heterocycles. The SMILES string of the molecule is CC(CN)(NC(=O)C1CCN(c2ccc3c(c2)OCCO3)C1=O)C1CC1.Cl. The van der Waals surface area contributed by atoms with Gasteiger partial charge in [-0.15, -0.1) is 12.4 Å². The summed E-state index contributed by atoms with van der Waals surface area (Å²) in [5.74, 6) is 0.696. The molecule has 2 atom stereocenters. The first-order valence-corrected chi connectivity index (χ1v) is 9.25. The van der Waals surface area contributed by atoms with Gasteiger partial charge in [0.05, 0.1) is 5.54 Å². The number of nitrogens with zero attached hydrogens (tertiary/aromatic N) is 1. The topological polar surface area (TPSA) is 93.9 Å². The third-order valence-electron chi connectivity index (χ3n) is 5.67. The Morgan fingerprint density at radius 1 is 1.26 bits per heavy atom. The van der Waals surface area contributed by atoms with Gasteiger partial charge in [0.25, 0.3) is 0 Å². The normalized spacial score (nSPS) is 23.4. The van der Waals surface area contributed by atoms with Crippen molar-refractivity contribution in [1.29, 1.82) is 0 Å². The fraction of sp³-hybridized carbons (Fsp3) is 0.579. The minimum atomic E-state index is -0.659. The van der Waals surface area contributed by atoms with Crippen molar-refractivity contribution in [3.8, 4) is 11.5 Å². The number of rotatable bonds is 5. The van der Waals surface area contributed by atoms with Crippen LogP contribution >= 0.6 is 12.4 Å². The summed E-state index contributed by atoms with van der Waals surface area (Å²) in [5, 5.41) is 3.04. The average Bonchev–Trinajstić information content (AvgIpc) is 3.44. The van der Waals surface area contributed by atoms with Crippen LogP contribution < -0.4 is 25.4 Å². The highest BCUT2D eigenvalue weighted by molar-refractivity contribution is 6.09. The van der Waals surface area contributed by atoms with Crippen molar-refractivity contribution in [3.05, 3.63) is 18.2 Å². The van der Waals surface area contributed by atoms with Crippen molar-refractivity contribution in [2.24, 2.45) is 17.6 Å². The molecule has 1 saturated carbocycles. The van der Waals surface area contributed by atoms with E-state index >= 15 is 0 Å². The lowest BCUT2D eigenvalue weighted by Crippen LogP contribution is -2.55. The molecule has 2 unspecified atom stereocenters. The van der Waals surface area contributed by atoms with Gasteiger partial charge in [-0.2, -0.15) is 0 Å². The summed E-state index contributed by atoms with van der Waals surface area (Å²) >= 11 is 0. The summed E-state index contributed by atoms with van der Waals surface area (Å²) < 4.78 is 11.1. The lowest BCUT2D eigenvalue weighted by atomic mass is 9.94. The van der Waals surface area contributed by atoms with Crippen LogP contribution in [0, 0.1) is 11.8 Å². The van der Waals surface area contributed by atoms with Gasteiger partial charge in [0, 0.05) is 24.8 Å². The molecule has 0 radical (unpaired) electrons. The molecule has 1 aliphatic carbocycles. The summed E-state index contributed by atoms with van der Waals surface area (Å²) in [5.41, 5.74) is 6.20. The summed E-state index contributed by atoms with van der Waals surface area (Å²) in [7, 11) is 0. The highest BCUT2D eigenvalue weighted by Gasteiger charge is 2.45. The van der Waals surface area contributed by atoms with Crippen molar-refractivity contribution in [1.82, 2.24) is 5.32 Å². The zero-order chi connectivity index (χ0) is 18.3. The Morgan fingerprint density at radius 3 is 2.63 bits per heavy atom. The molecule has 7 nitrogen and oxygen atoms in total. The lowest BCUT2D eigenvalue weighted by molar-refractivity contribution is -0.133. The molecule has 1 aromatic rings. The van der Waals surface area contributed by atoms with E-state index in [0.29, 0.717) is 50.1 Å². The van der Waals surface area contributed by atoms with E-state index in [-0.39, 0.29) is 24.2 Å². The van der Waals surface area contributed by atoms with Gasteiger partial charge in [0.15, 0.2) is 11.5 Å². The van der Waals surface area contributed by atoms with E-state index in [2.05, 4.69) is 5.32 Å². The summed E-state index contributed by atoms with van der Waals surface area (Å²) in [6.45, 7) is 3.89. The van der Waals surface area contributed by atoms with Gasteiger partial charge >= 0.3 is 0 Å². The Labute approximate surface area is 165 Å². The Balaban J connectivity index is 0.00000210. The van der Waals surface area contributed by atoms with E-state index in [1.807, 2.05) is 19.1 Å². The molecule has 2 amide bonds. The summed E-state index contributed by atoms with van der Waals surface area (Å²) in [6.07, 6.45) is 2.66. The Kier molecular flexibility index (Phi) is 5.53. The molecular weight excluding hydrogens is 370 g/mol. The number of carbonyl (C=O) groups excluding carboxylic acids is 2. The number of benzene rings is 1. The number of nitrogens with one attached hydrogen (secondary N) is 1. The molecular formula is C19H26ClN3O4. The summed E-state index contributed by atoms with van der Waals surface area (Å²) in [6, 6.07) is 5.45. The molecule has 4 rings (SSSR count). The highest BCUT2D eigenvalue weighted by Crippen LogP contribution is 2.40. The molecule has 0 spiro atoms. The second kappa shape index (κ2) is 7.56. The number of ether oxygens (including phenoxy) is 2. The van der Waals surface area contributed by atoms with E-state index in [1.165, 1.54) is 0 Å². The third kappa shape index (κ3) is 3.71. The van der Waals surface area contributed by atoms with Gasteiger partial charge in [-0.1, -0.05) is 0 Å². The highest BCUT2D eigenvalue weighted by atomic mass is 35.5. The second-order valence-electron chi connectivity index (χ2n) is 7.54. The second-order valence-corrected chi connectivity index (χ2v) is 7.54. The van der Waals surface area contributed by atoms with Crippen molar-refractivity contribution in [2.75, 3.05) is 31.2 Å². The maximum Gasteiger partial charge on any atom is 0.239 e. The van der Waals surface area contributed by atoms with Crippen LogP contribution in [0.25, 0.3) is 0 Å². The van der Waals surface area contributed by atoms with Gasteiger partial charge in [0.2, 0.25) is 11.8 Å². The van der Waals surface area contributed by atoms with Gasteiger partial charge in [-0.05, 0) is 44.2 Å². The number of amides is 2. The molecule has 0 bridgehead atoms. The van der Waals surface area contributed by atoms with Crippen LogP contribution in [0.15, 0.2) is 18.2 Å². The molecule has 3 aliphatic rings. The van der Waals surface area contributed by atoms with Gasteiger partial charge in [-0.3, -0.25) is 9.59 Å². The van der Waals surface area contributed by atoms with Crippen LogP contribution in [0.5, 0.6) is 11.5 Å². The minimum absolute atomic E-state index is 0. The van der Waals surface area contributed by atoms with E-state index < -0.39 is 11.5 Å². The standard InChI is InChI=1S/C19H25N3O4.ClH/c1-19(11-20,12-2-3-12)21-17(23)14-6-7-22(18(14)24)13-4-5-15-16(10-13)26-9-8-25-15;/h4-5,10,12,14H,2-3,6-9,11,20H2,1H3,(H,21,23);1H. The quantitative estimate of drug-likeness (QED) is 0.736. The molecule has 3 N–H and O–H groups in total. The molecule has 2 aliphatic heterocycles. The minimum Gasteiger partial charge on any atom is -0.486 e. The van der Waals surface area contributed by atoms with Gasteiger partial charge in [-0.25, -0.2) is 0 Å². The van der Waals surface area contributed by atoms with Crippen molar-refractivity contribution in [2.45, 2.75) is 31.7 Å². The predicted octanol–water partition coefficient (Wildman–Crippen LogP) is 1.48. The number of halogens is 1. The average molecular weight is 396 g/mol. The molecule has 27 heavy (non-hydrogen) atoms. The van der Waals surface area contributed by atoms with E-state index in [0.717, 1.165) is 18.5 Å². The largest absolute Gasteiger partial charge is 0.486 e. The van der Waals surface area contributed by atoms with Gasteiger partial charge < -0.3 is 25.4 Å². The first-order chi connectivity index (χ1) is 12.5. The number of fused-ring (bicyclic) bond motifs is 1. The molecule has 1 aromatic carbocycles. The first kappa shape index (κ1) is 19.8. The number of hydrogen-bond acceptors (Lipinski definition) is 5. The summed E-state index contributed by atoms with van der Waals surface area (Å²) in [4.78, 5) is 27.2. The fourth-order valence-corrected chi connectivity index (χ4v) is 3.79. The molecule has 1 saturated heterocycles. The van der Waals surface area contributed by atoms with Crippen molar-refractivity contribution in [3.63, 3.8) is 0 Å². The van der Waals surface area contributed by atoms with E-state index in [9.17, 15) is 9.59 Å². The maximum atomic E-state index is 12.8. The maximum absolute atomic E-state index is 12.8. The number of carbonyl (C=O) groups is 2. The molecule has 148 valence electrons. The number of nitrogens with two attached hydrogens (primary N) is 1. The Morgan fingerprint density at radius 2 is 1.96 bits per heavy atom. The van der Waals surface area contributed by atoms with Crippen LogP contribution in [-0.2, 0) is 9.59 Å². The van der Waals surface area contributed by atoms with Crippen molar-refractivity contribution >= 4 is 29.9 Å². The van der Waals surface area contributed by atoms with Crippen molar-refractivity contribution < 1.29 is 19.1 Å². The fourth-order valence-electron chi connectivity index (χ4n) is 3.79. The van der Waals surface area contributed by atoms with E-state index in [4.69, 9.17) is 15.2 Å². The number of hydrogen-bond donors (Lipinski definition) is 2. The van der Waals surface area contributed by atoms with Crippen LogP contribution in [0.3, 0.4) is 0 Å². The molecule has 2 heterocycles. The molecule has 2 fully saturated rings. The van der Waals surface area contributed by atoms with Gasteiger partial charge in [0.1, 0.15) is 19.1 Å². The van der Waals surface area contributed by atoms with Crippen LogP contribution in [0.1, 0.15) is 26.2 Å². The first-order valence-electron chi connectivity index (χ1n) is 9.25. The predicted molar refractivity (Wildman–Crippen MR) is 103 cm³/mol. The monoisotopic (exact) mass is 395 g/mol. The Hall–Kier alpha value is -1.99. The zero-order valence-corrected chi connectivity index (χ0v) is 16.2. The van der Waals surface area contributed by atoms with Crippen LogP contribution in [0.4, 0.5) is 5.69 Å². The zero-order valence-electron chi connectivity index (χ0n) is 15.4. The van der Waals surface area contributed by atoms with E-state index in [1.54, 1.807) is 11.0 Å². The lowest BCUT2D eigenvalue weighted by Gasteiger charge is -2.30. The number of anilines is 1. The Bertz CT molecular complexity index is 740. The smallest absolute Gasteiger partial charge is 0.239 e. The van der Waals surface area contributed by atoms with Crippen LogP contribution in [0.2, 0.25) is 0 Å². The third-order valence-corrected chi connectivity index (χ3v) is 5.67. The van der Waals surface area contributed by atoms with Crippen LogP contribution in [-0.4, -0.2) is 43.7 Å².